The van der Waals surface area contributed by atoms with Crippen molar-refractivity contribution in [2.24, 2.45) is 5.73 Å². The lowest BCUT2D eigenvalue weighted by atomic mass is 10.0. The SMILES string of the molecule is COc1ccc(C(O)C(=O)CNC(=O)N[C@@H](CO)C(N)=O)cc1O. The predicted octanol–water partition coefficient (Wildman–Crippen LogP) is -1.85. The van der Waals surface area contributed by atoms with Gasteiger partial charge in [0.25, 0.3) is 0 Å². The summed E-state index contributed by atoms with van der Waals surface area (Å²) in [6.07, 6.45) is -1.58. The molecule has 1 aromatic rings. The van der Waals surface area contributed by atoms with Crippen LogP contribution in [0.25, 0.3) is 0 Å². The normalized spacial score (nSPS) is 12.8. The first kappa shape index (κ1) is 19.2. The van der Waals surface area contributed by atoms with E-state index in [9.17, 15) is 24.6 Å². The van der Waals surface area contributed by atoms with E-state index in [0.29, 0.717) is 0 Å². The molecule has 0 saturated carbocycles. The maximum absolute atomic E-state index is 11.9. The Hall–Kier alpha value is -2.85. The second kappa shape index (κ2) is 8.70. The number of carbonyl (C=O) groups excluding carboxylic acids is 3. The molecule has 10 nitrogen and oxygen atoms in total. The fraction of sp³-hybridized carbons (Fsp3) is 0.357. The summed E-state index contributed by atoms with van der Waals surface area (Å²) in [5.41, 5.74) is 5.05. The van der Waals surface area contributed by atoms with Gasteiger partial charge in [-0.05, 0) is 17.7 Å². The van der Waals surface area contributed by atoms with Crippen LogP contribution in [0.5, 0.6) is 11.5 Å². The molecule has 0 spiro atoms. The number of carbonyl (C=O) groups is 3. The smallest absolute Gasteiger partial charge is 0.315 e. The molecule has 0 aliphatic rings. The lowest BCUT2D eigenvalue weighted by molar-refractivity contribution is -0.126. The van der Waals surface area contributed by atoms with Crippen molar-refractivity contribution in [1.82, 2.24) is 10.6 Å². The number of urea groups is 1. The summed E-state index contributed by atoms with van der Waals surface area (Å²) < 4.78 is 4.85. The van der Waals surface area contributed by atoms with Gasteiger partial charge in [-0.3, -0.25) is 9.59 Å². The number of aromatic hydroxyl groups is 1. The number of aliphatic hydroxyl groups is 2. The lowest BCUT2D eigenvalue weighted by Gasteiger charge is -2.15. The van der Waals surface area contributed by atoms with Gasteiger partial charge in [-0.1, -0.05) is 6.07 Å². The van der Waals surface area contributed by atoms with Crippen LogP contribution in [0.3, 0.4) is 0 Å². The second-order valence-electron chi connectivity index (χ2n) is 4.76. The predicted molar refractivity (Wildman–Crippen MR) is 81.2 cm³/mol. The molecule has 3 amide bonds. The van der Waals surface area contributed by atoms with Gasteiger partial charge in [-0.25, -0.2) is 4.79 Å². The number of Topliss-reactive ketones (excluding diaryl/α,β-unsaturated/α-hetero) is 1. The Morgan fingerprint density at radius 3 is 2.50 bits per heavy atom. The average Bonchev–Trinajstić information content (AvgIpc) is 2.56. The number of rotatable bonds is 8. The molecule has 0 radical (unpaired) electrons. The van der Waals surface area contributed by atoms with E-state index in [2.05, 4.69) is 10.6 Å². The van der Waals surface area contributed by atoms with Crippen LogP contribution in [0.4, 0.5) is 4.79 Å². The summed E-state index contributed by atoms with van der Waals surface area (Å²) in [6.45, 7) is -1.23. The third kappa shape index (κ3) is 5.11. The quantitative estimate of drug-likeness (QED) is 0.322. The molecule has 0 saturated heterocycles. The molecule has 0 aromatic heterocycles. The van der Waals surface area contributed by atoms with Crippen LogP contribution >= 0.6 is 0 Å². The molecule has 2 atom stereocenters. The van der Waals surface area contributed by atoms with Gasteiger partial charge in [-0.2, -0.15) is 0 Å². The molecule has 7 N–H and O–H groups in total. The number of phenols is 1. The Labute approximate surface area is 137 Å². The topological polar surface area (TPSA) is 171 Å². The van der Waals surface area contributed by atoms with Crippen LogP contribution in [0.2, 0.25) is 0 Å². The summed E-state index contributed by atoms with van der Waals surface area (Å²) in [6, 6.07) is 1.72. The summed E-state index contributed by atoms with van der Waals surface area (Å²) in [5.74, 6) is -1.76. The van der Waals surface area contributed by atoms with Crippen molar-refractivity contribution in [1.29, 1.82) is 0 Å². The van der Waals surface area contributed by atoms with Crippen molar-refractivity contribution < 1.29 is 34.4 Å². The fourth-order valence-corrected chi connectivity index (χ4v) is 1.74. The molecule has 0 bridgehead atoms. The maximum Gasteiger partial charge on any atom is 0.315 e. The van der Waals surface area contributed by atoms with Crippen molar-refractivity contribution in [2.75, 3.05) is 20.3 Å². The van der Waals surface area contributed by atoms with Gasteiger partial charge < -0.3 is 36.4 Å². The van der Waals surface area contributed by atoms with Gasteiger partial charge >= 0.3 is 6.03 Å². The number of methoxy groups -OCH3 is 1. The summed E-state index contributed by atoms with van der Waals surface area (Å²) in [5, 5.41) is 32.6. The molecule has 0 fully saturated rings. The third-order valence-corrected chi connectivity index (χ3v) is 3.08. The van der Waals surface area contributed by atoms with Crippen LogP contribution in [-0.2, 0) is 9.59 Å². The molecule has 132 valence electrons. The molecule has 0 aliphatic carbocycles. The Bertz CT molecular complexity index is 620. The van der Waals surface area contributed by atoms with Crippen LogP contribution in [0, 0.1) is 0 Å². The number of nitrogens with two attached hydrogens (primary N) is 1. The van der Waals surface area contributed by atoms with Crippen molar-refractivity contribution in [2.45, 2.75) is 12.1 Å². The van der Waals surface area contributed by atoms with E-state index in [0.717, 1.165) is 6.07 Å². The molecular formula is C14H19N3O7. The molecule has 24 heavy (non-hydrogen) atoms. The van der Waals surface area contributed by atoms with Gasteiger partial charge in [0.2, 0.25) is 5.91 Å². The first-order valence-electron chi connectivity index (χ1n) is 6.82. The minimum absolute atomic E-state index is 0.117. The standard InChI is InChI=1S/C14H19N3O7/c1-24-11-3-2-7(4-9(11)19)12(21)10(20)5-16-14(23)17-8(6-18)13(15)22/h2-4,8,12,18-19,21H,5-6H2,1H3,(H2,15,22)(H2,16,17,23)/t8-,12?/m0/s1. The van der Waals surface area contributed by atoms with E-state index in [4.69, 9.17) is 15.6 Å². The van der Waals surface area contributed by atoms with Gasteiger partial charge in [0.15, 0.2) is 17.3 Å². The highest BCUT2D eigenvalue weighted by Gasteiger charge is 2.21. The number of primary amides is 1. The highest BCUT2D eigenvalue weighted by Crippen LogP contribution is 2.28. The van der Waals surface area contributed by atoms with Crippen molar-refractivity contribution in [3.05, 3.63) is 23.8 Å². The van der Waals surface area contributed by atoms with E-state index in [1.54, 1.807) is 0 Å². The zero-order valence-electron chi connectivity index (χ0n) is 12.9. The molecule has 1 aromatic carbocycles. The number of phenolic OH excluding ortho intramolecular Hbond substituents is 1. The Balaban J connectivity index is 2.60. The molecule has 1 unspecified atom stereocenters. The summed E-state index contributed by atoms with van der Waals surface area (Å²) >= 11 is 0. The van der Waals surface area contributed by atoms with Crippen LogP contribution < -0.4 is 21.1 Å². The van der Waals surface area contributed by atoms with Crippen LogP contribution in [0.15, 0.2) is 18.2 Å². The number of amides is 3. The highest BCUT2D eigenvalue weighted by molar-refractivity contribution is 5.91. The van der Waals surface area contributed by atoms with E-state index in [-0.39, 0.29) is 17.1 Å². The first-order valence-corrected chi connectivity index (χ1v) is 6.82. The lowest BCUT2D eigenvalue weighted by Crippen LogP contribution is -2.51. The molecule has 0 aliphatic heterocycles. The minimum Gasteiger partial charge on any atom is -0.504 e. The minimum atomic E-state index is -1.58. The summed E-state index contributed by atoms with van der Waals surface area (Å²) in [4.78, 5) is 34.2. The van der Waals surface area contributed by atoms with Crippen molar-refractivity contribution >= 4 is 17.7 Å². The van der Waals surface area contributed by atoms with Gasteiger partial charge in [-0.15, -0.1) is 0 Å². The van der Waals surface area contributed by atoms with Crippen LogP contribution in [-0.4, -0.2) is 59.3 Å². The van der Waals surface area contributed by atoms with E-state index >= 15 is 0 Å². The van der Waals surface area contributed by atoms with Gasteiger partial charge in [0, 0.05) is 0 Å². The van der Waals surface area contributed by atoms with Crippen molar-refractivity contribution in [3.63, 3.8) is 0 Å². The number of ketones is 1. The van der Waals surface area contributed by atoms with Gasteiger partial charge in [0.05, 0.1) is 20.3 Å². The monoisotopic (exact) mass is 341 g/mol. The fourth-order valence-electron chi connectivity index (χ4n) is 1.74. The number of hydrogen-bond acceptors (Lipinski definition) is 7. The molecule has 0 heterocycles. The molecular weight excluding hydrogens is 322 g/mol. The highest BCUT2D eigenvalue weighted by atomic mass is 16.5. The number of ether oxygens (including phenoxy) is 1. The zero-order chi connectivity index (χ0) is 18.3. The Morgan fingerprint density at radius 2 is 2.00 bits per heavy atom. The number of hydrogen-bond donors (Lipinski definition) is 6. The molecule has 10 heteroatoms. The van der Waals surface area contributed by atoms with E-state index in [1.807, 2.05) is 0 Å². The average molecular weight is 341 g/mol. The van der Waals surface area contributed by atoms with Gasteiger partial charge in [0.1, 0.15) is 12.1 Å². The second-order valence-corrected chi connectivity index (χ2v) is 4.76. The summed E-state index contributed by atoms with van der Waals surface area (Å²) in [7, 11) is 1.35. The maximum atomic E-state index is 11.9. The molecule has 1 rings (SSSR count). The third-order valence-electron chi connectivity index (χ3n) is 3.08. The largest absolute Gasteiger partial charge is 0.504 e. The zero-order valence-corrected chi connectivity index (χ0v) is 12.9. The van der Waals surface area contributed by atoms with Crippen molar-refractivity contribution in [3.8, 4) is 11.5 Å². The van der Waals surface area contributed by atoms with Crippen LogP contribution in [0.1, 0.15) is 11.7 Å². The number of nitrogens with one attached hydrogen (secondary N) is 2. The van der Waals surface area contributed by atoms with E-state index < -0.39 is 43.0 Å². The first-order chi connectivity index (χ1) is 11.3. The Kier molecular flexibility index (Phi) is 6.96. The Morgan fingerprint density at radius 1 is 1.33 bits per heavy atom. The number of benzene rings is 1. The van der Waals surface area contributed by atoms with E-state index in [1.165, 1.54) is 19.2 Å². The number of aliphatic hydroxyl groups excluding tert-OH is 2.